The Bertz CT molecular complexity index is 1420. The lowest BCUT2D eigenvalue weighted by molar-refractivity contribution is -0.384. The smallest absolute Gasteiger partial charge is 0.335 e. The van der Waals surface area contributed by atoms with Crippen molar-refractivity contribution in [3.8, 4) is 5.75 Å². The minimum atomic E-state index is -1.02. The normalized spacial score (nSPS) is 13.8. The summed E-state index contributed by atoms with van der Waals surface area (Å²) in [6.07, 6.45) is 3.61. The minimum Gasteiger partial charge on any atom is -0.488 e. The van der Waals surface area contributed by atoms with Crippen LogP contribution in [0.5, 0.6) is 5.75 Å². The number of aromatic nitrogens is 2. The predicted molar refractivity (Wildman–Crippen MR) is 118 cm³/mol. The molecule has 0 radical (unpaired) electrons. The summed E-state index contributed by atoms with van der Waals surface area (Å²) in [6.45, 7) is 0.755. The molecule has 0 unspecified atom stereocenters. The molecule has 5 rings (SSSR count). The molecule has 158 valence electrons. The molecule has 1 aliphatic heterocycles. The van der Waals surface area contributed by atoms with Crippen LogP contribution in [0.25, 0.3) is 16.6 Å². The highest BCUT2D eigenvalue weighted by molar-refractivity contribution is 5.92. The quantitative estimate of drug-likeness (QED) is 0.375. The van der Waals surface area contributed by atoms with E-state index in [9.17, 15) is 20.0 Å². The molecule has 0 spiro atoms. The average Bonchev–Trinajstić information content (AvgIpc) is 3.13. The molecule has 0 atom stereocenters. The van der Waals surface area contributed by atoms with E-state index in [1.807, 2.05) is 34.9 Å². The molecule has 0 saturated carbocycles. The molecular weight excluding hydrogens is 410 g/mol. The van der Waals surface area contributed by atoms with Gasteiger partial charge in [-0.05, 0) is 41.0 Å². The van der Waals surface area contributed by atoms with Crippen LogP contribution in [0.2, 0.25) is 0 Å². The van der Waals surface area contributed by atoms with E-state index in [4.69, 9.17) is 4.74 Å². The fraction of sp³-hybridized carbons (Fsp3) is 0.0833. The molecule has 32 heavy (non-hydrogen) atoms. The lowest BCUT2D eigenvalue weighted by atomic mass is 9.93. The van der Waals surface area contributed by atoms with Crippen molar-refractivity contribution in [2.24, 2.45) is 0 Å². The van der Waals surface area contributed by atoms with Crippen LogP contribution in [0, 0.1) is 10.1 Å². The Morgan fingerprint density at radius 3 is 2.81 bits per heavy atom. The number of ether oxygens (including phenoxy) is 1. The number of non-ortho nitro benzene ring substituents is 1. The molecule has 2 heterocycles. The first-order valence-corrected chi connectivity index (χ1v) is 9.89. The van der Waals surface area contributed by atoms with E-state index in [1.165, 1.54) is 18.2 Å². The number of carbonyl (C=O) groups is 1. The van der Waals surface area contributed by atoms with E-state index in [0.717, 1.165) is 16.7 Å². The van der Waals surface area contributed by atoms with Crippen LogP contribution >= 0.6 is 0 Å². The standard InChI is InChI=1S/C24H17N3O5/c28-24(29)15-5-8-23-20(11-15)19(18-4-2-1-3-16(18)13-32-23)9-10-26-14-25-21-7-6-17(27(30)31)12-22(21)26/h1-9,11-12,14H,10,13H2,(H,28,29)/b19-9+. The van der Waals surface area contributed by atoms with Crippen molar-refractivity contribution in [2.45, 2.75) is 13.2 Å². The first kappa shape index (κ1) is 19.5. The van der Waals surface area contributed by atoms with Crippen molar-refractivity contribution < 1.29 is 19.6 Å². The molecule has 1 N–H and O–H groups in total. The number of hydrogen-bond donors (Lipinski definition) is 1. The molecule has 0 amide bonds. The van der Waals surface area contributed by atoms with E-state index in [-0.39, 0.29) is 11.3 Å². The van der Waals surface area contributed by atoms with E-state index in [1.54, 1.807) is 24.5 Å². The minimum absolute atomic E-state index is 0.00318. The first-order chi connectivity index (χ1) is 15.5. The maximum absolute atomic E-state index is 11.6. The van der Waals surface area contributed by atoms with Gasteiger partial charge in [-0.3, -0.25) is 10.1 Å². The van der Waals surface area contributed by atoms with Crippen molar-refractivity contribution in [2.75, 3.05) is 0 Å². The highest BCUT2D eigenvalue weighted by Crippen LogP contribution is 2.37. The van der Waals surface area contributed by atoms with Crippen molar-refractivity contribution in [1.29, 1.82) is 0 Å². The largest absolute Gasteiger partial charge is 0.488 e. The third-order valence-corrected chi connectivity index (χ3v) is 5.51. The third-order valence-electron chi connectivity index (χ3n) is 5.51. The van der Waals surface area contributed by atoms with E-state index in [2.05, 4.69) is 4.98 Å². The second-order valence-corrected chi connectivity index (χ2v) is 7.41. The molecule has 8 nitrogen and oxygen atoms in total. The number of rotatable bonds is 4. The zero-order valence-corrected chi connectivity index (χ0v) is 16.8. The molecule has 1 aliphatic rings. The molecule has 0 bridgehead atoms. The topological polar surface area (TPSA) is 107 Å². The number of carboxylic acids is 1. The summed E-state index contributed by atoms with van der Waals surface area (Å²) < 4.78 is 7.79. The van der Waals surface area contributed by atoms with Gasteiger partial charge in [-0.2, -0.15) is 0 Å². The summed E-state index contributed by atoms with van der Waals surface area (Å²) >= 11 is 0. The van der Waals surface area contributed by atoms with Gasteiger partial charge in [-0.25, -0.2) is 9.78 Å². The van der Waals surface area contributed by atoms with E-state index < -0.39 is 10.9 Å². The molecule has 4 aromatic rings. The number of carboxylic acid groups (broad SMARTS) is 1. The predicted octanol–water partition coefficient (Wildman–Crippen LogP) is 4.67. The van der Waals surface area contributed by atoms with Gasteiger partial charge < -0.3 is 14.4 Å². The number of imidazole rings is 1. The molecule has 8 heteroatoms. The van der Waals surface area contributed by atoms with Gasteiger partial charge in [-0.1, -0.05) is 30.3 Å². The molecular formula is C24H17N3O5. The van der Waals surface area contributed by atoms with Crippen LogP contribution in [0.3, 0.4) is 0 Å². The Labute approximate surface area is 182 Å². The maximum Gasteiger partial charge on any atom is 0.335 e. The van der Waals surface area contributed by atoms with Crippen LogP contribution in [0.15, 0.2) is 73.1 Å². The van der Waals surface area contributed by atoms with Gasteiger partial charge in [0.15, 0.2) is 0 Å². The highest BCUT2D eigenvalue weighted by Gasteiger charge is 2.21. The van der Waals surface area contributed by atoms with Crippen LogP contribution in [-0.2, 0) is 13.2 Å². The summed E-state index contributed by atoms with van der Waals surface area (Å²) in [5, 5.41) is 20.7. The first-order valence-electron chi connectivity index (χ1n) is 9.89. The fourth-order valence-electron chi connectivity index (χ4n) is 3.92. The number of fused-ring (bicyclic) bond motifs is 3. The summed E-state index contributed by atoms with van der Waals surface area (Å²) in [5.74, 6) is -0.416. The molecule has 1 aromatic heterocycles. The number of aromatic carboxylic acids is 1. The number of hydrogen-bond acceptors (Lipinski definition) is 5. The third kappa shape index (κ3) is 3.37. The zero-order chi connectivity index (χ0) is 22.2. The number of nitro benzene ring substituents is 1. The number of allylic oxidation sites excluding steroid dienone is 1. The Morgan fingerprint density at radius 2 is 2.00 bits per heavy atom. The van der Waals surface area contributed by atoms with Gasteiger partial charge in [-0.15, -0.1) is 0 Å². The number of benzene rings is 3. The van der Waals surface area contributed by atoms with Gasteiger partial charge in [0.05, 0.1) is 27.8 Å². The van der Waals surface area contributed by atoms with Crippen LogP contribution in [-0.4, -0.2) is 25.6 Å². The van der Waals surface area contributed by atoms with Crippen molar-refractivity contribution >= 4 is 28.3 Å². The lowest BCUT2D eigenvalue weighted by Gasteiger charge is -2.12. The number of nitro groups is 1. The maximum atomic E-state index is 11.6. The summed E-state index contributed by atoms with van der Waals surface area (Å²) in [6, 6.07) is 17.2. The molecule has 3 aromatic carbocycles. The molecule has 0 saturated heterocycles. The van der Waals surface area contributed by atoms with Crippen LogP contribution in [0.4, 0.5) is 5.69 Å². The average molecular weight is 427 g/mol. The molecule has 0 aliphatic carbocycles. The summed E-state index contributed by atoms with van der Waals surface area (Å²) in [7, 11) is 0. The van der Waals surface area contributed by atoms with Crippen LogP contribution in [0.1, 0.15) is 27.0 Å². The van der Waals surface area contributed by atoms with Crippen molar-refractivity contribution in [1.82, 2.24) is 9.55 Å². The second-order valence-electron chi connectivity index (χ2n) is 7.41. The van der Waals surface area contributed by atoms with Gasteiger partial charge in [0.1, 0.15) is 12.4 Å². The Morgan fingerprint density at radius 1 is 1.16 bits per heavy atom. The van der Waals surface area contributed by atoms with Gasteiger partial charge >= 0.3 is 5.97 Å². The van der Waals surface area contributed by atoms with Crippen molar-refractivity contribution in [3.63, 3.8) is 0 Å². The van der Waals surface area contributed by atoms with Crippen molar-refractivity contribution in [3.05, 3.63) is 105 Å². The SMILES string of the molecule is O=C(O)c1ccc2c(c1)/C(=C/Cn1cnc3ccc([N+](=O)[O-])cc31)c1ccccc1CO2. The second kappa shape index (κ2) is 7.66. The van der Waals surface area contributed by atoms with Crippen LogP contribution < -0.4 is 4.74 Å². The summed E-state index contributed by atoms with van der Waals surface area (Å²) in [4.78, 5) is 26.7. The number of nitrogens with zero attached hydrogens (tertiary/aromatic N) is 3. The molecule has 0 fully saturated rings. The van der Waals surface area contributed by atoms with E-state index in [0.29, 0.717) is 35.5 Å². The monoisotopic (exact) mass is 427 g/mol. The Hall–Kier alpha value is -4.46. The van der Waals surface area contributed by atoms with Gasteiger partial charge in [0, 0.05) is 24.2 Å². The highest BCUT2D eigenvalue weighted by atomic mass is 16.6. The van der Waals surface area contributed by atoms with E-state index >= 15 is 0 Å². The summed E-state index contributed by atoms with van der Waals surface area (Å²) in [5.41, 5.74) is 4.93. The van der Waals surface area contributed by atoms with Gasteiger partial charge in [0.2, 0.25) is 0 Å². The van der Waals surface area contributed by atoms with Gasteiger partial charge in [0.25, 0.3) is 5.69 Å². The zero-order valence-electron chi connectivity index (χ0n) is 16.8. The Balaban J connectivity index is 1.65. The fourth-order valence-corrected chi connectivity index (χ4v) is 3.92. The lowest BCUT2D eigenvalue weighted by Crippen LogP contribution is -2.00. The Kier molecular flexibility index (Phi) is 4.67.